The van der Waals surface area contributed by atoms with Crippen LogP contribution in [0.5, 0.6) is 0 Å². The molecule has 6 nitrogen and oxygen atoms in total. The Labute approximate surface area is 164 Å². The molecule has 3 rings (SSSR count). The summed E-state index contributed by atoms with van der Waals surface area (Å²) < 4.78 is 39.1. The number of carbonyl (C=O) groups is 1. The van der Waals surface area contributed by atoms with Gasteiger partial charge in [-0.25, -0.2) is 4.98 Å². The molecule has 1 amide bonds. The van der Waals surface area contributed by atoms with Crippen LogP contribution in [-0.2, 0) is 23.8 Å². The molecule has 0 saturated carbocycles. The molecule has 0 aliphatic heterocycles. The van der Waals surface area contributed by atoms with E-state index in [9.17, 15) is 22.8 Å². The van der Waals surface area contributed by atoms with Crippen molar-refractivity contribution < 1.29 is 18.0 Å². The van der Waals surface area contributed by atoms with E-state index in [0.717, 1.165) is 23.3 Å². The van der Waals surface area contributed by atoms with Crippen LogP contribution in [-0.4, -0.2) is 20.7 Å². The van der Waals surface area contributed by atoms with Crippen LogP contribution in [0.25, 0.3) is 5.82 Å². The number of hydrogen-bond acceptors (Lipinski definition) is 3. The first kappa shape index (κ1) is 20.4. The fourth-order valence-electron chi connectivity index (χ4n) is 2.88. The first-order valence-electron chi connectivity index (χ1n) is 8.86. The van der Waals surface area contributed by atoms with Crippen LogP contribution < -0.4 is 10.9 Å². The number of aromatic amines is 1. The van der Waals surface area contributed by atoms with Crippen molar-refractivity contribution in [3.05, 3.63) is 75.3 Å². The number of anilines is 1. The Morgan fingerprint density at radius 1 is 1.10 bits per heavy atom. The quantitative estimate of drug-likeness (QED) is 0.682. The van der Waals surface area contributed by atoms with E-state index in [2.05, 4.69) is 15.4 Å². The minimum absolute atomic E-state index is 0.172. The van der Waals surface area contributed by atoms with Crippen molar-refractivity contribution in [1.82, 2.24) is 14.8 Å². The van der Waals surface area contributed by atoms with Crippen molar-refractivity contribution in [2.24, 2.45) is 0 Å². The number of rotatable bonds is 5. The maximum Gasteiger partial charge on any atom is 0.416 e. The highest BCUT2D eigenvalue weighted by molar-refractivity contribution is 5.89. The molecule has 9 heteroatoms. The third-order valence-electron chi connectivity index (χ3n) is 4.39. The summed E-state index contributed by atoms with van der Waals surface area (Å²) in [5, 5.41) is 5.36. The number of pyridine rings is 1. The van der Waals surface area contributed by atoms with Crippen LogP contribution in [0.15, 0.2) is 47.4 Å². The van der Waals surface area contributed by atoms with E-state index in [1.54, 1.807) is 25.3 Å². The molecule has 2 aromatic heterocycles. The highest BCUT2D eigenvalue weighted by Gasteiger charge is 2.29. The average molecular weight is 404 g/mol. The molecule has 0 spiro atoms. The number of H-pyrrole nitrogens is 1. The summed E-state index contributed by atoms with van der Waals surface area (Å²) in [4.78, 5) is 27.9. The molecule has 0 atom stereocenters. The smallest absolute Gasteiger partial charge is 0.320 e. The van der Waals surface area contributed by atoms with Gasteiger partial charge in [-0.3, -0.25) is 14.7 Å². The summed E-state index contributed by atoms with van der Waals surface area (Å²) in [7, 11) is 0. The van der Waals surface area contributed by atoms with E-state index < -0.39 is 17.3 Å². The van der Waals surface area contributed by atoms with Gasteiger partial charge in [0, 0.05) is 13.1 Å². The molecular formula is C20H19F3N4O2. The Morgan fingerprint density at radius 2 is 1.72 bits per heavy atom. The Balaban J connectivity index is 1.70. The van der Waals surface area contributed by atoms with Gasteiger partial charge in [-0.1, -0.05) is 18.2 Å². The van der Waals surface area contributed by atoms with Gasteiger partial charge in [0.05, 0.1) is 11.3 Å². The number of halogens is 3. The molecule has 0 saturated heterocycles. The van der Waals surface area contributed by atoms with E-state index in [4.69, 9.17) is 0 Å². The first-order chi connectivity index (χ1) is 13.6. The first-order valence-corrected chi connectivity index (χ1v) is 8.86. The van der Waals surface area contributed by atoms with Crippen LogP contribution in [0, 0.1) is 6.92 Å². The Hall–Kier alpha value is -3.36. The third kappa shape index (κ3) is 4.74. The van der Waals surface area contributed by atoms with Crippen LogP contribution in [0.3, 0.4) is 0 Å². The fourth-order valence-corrected chi connectivity index (χ4v) is 2.88. The molecule has 0 bridgehead atoms. The number of aryl methyl sites for hydroxylation is 3. The maximum atomic E-state index is 12.6. The summed E-state index contributed by atoms with van der Waals surface area (Å²) in [5.74, 6) is 0.0240. The third-order valence-corrected chi connectivity index (χ3v) is 4.39. The van der Waals surface area contributed by atoms with E-state index in [-0.39, 0.29) is 11.6 Å². The molecule has 152 valence electrons. The molecule has 0 unspecified atom stereocenters. The number of nitrogens with zero attached hydrogens (tertiary/aromatic N) is 2. The number of benzene rings is 1. The van der Waals surface area contributed by atoms with Crippen LogP contribution >= 0.6 is 0 Å². The van der Waals surface area contributed by atoms with Crippen LogP contribution in [0.2, 0.25) is 0 Å². The van der Waals surface area contributed by atoms with Crippen molar-refractivity contribution in [3.63, 3.8) is 0 Å². The van der Waals surface area contributed by atoms with Gasteiger partial charge in [0.25, 0.3) is 5.56 Å². The summed E-state index contributed by atoms with van der Waals surface area (Å²) in [6.45, 7) is 2.99. The zero-order valence-corrected chi connectivity index (χ0v) is 15.8. The number of hydrogen-bond donors (Lipinski definition) is 2. The lowest BCUT2D eigenvalue weighted by atomic mass is 10.0. The molecule has 0 fully saturated rings. The van der Waals surface area contributed by atoms with Crippen molar-refractivity contribution >= 4 is 11.6 Å². The lowest BCUT2D eigenvalue weighted by molar-refractivity contribution is -0.137. The van der Waals surface area contributed by atoms with E-state index in [0.29, 0.717) is 24.4 Å². The molecule has 0 radical (unpaired) electrons. The Kier molecular flexibility index (Phi) is 5.58. The predicted octanol–water partition coefficient (Wildman–Crippen LogP) is 3.63. The van der Waals surface area contributed by atoms with E-state index >= 15 is 0 Å². The summed E-state index contributed by atoms with van der Waals surface area (Å²) in [5.41, 5.74) is 1.27. The van der Waals surface area contributed by atoms with Gasteiger partial charge in [0.1, 0.15) is 5.69 Å². The maximum absolute atomic E-state index is 12.6. The van der Waals surface area contributed by atoms with Gasteiger partial charge < -0.3 is 5.32 Å². The normalized spacial score (nSPS) is 11.5. The van der Waals surface area contributed by atoms with Gasteiger partial charge in [0.2, 0.25) is 5.91 Å². The average Bonchev–Trinajstić information content (AvgIpc) is 2.94. The number of aromatic nitrogens is 3. The molecule has 29 heavy (non-hydrogen) atoms. The van der Waals surface area contributed by atoms with Gasteiger partial charge in [-0.05, 0) is 49.1 Å². The second-order valence-corrected chi connectivity index (χ2v) is 6.65. The topological polar surface area (TPSA) is 79.8 Å². The Morgan fingerprint density at radius 3 is 2.28 bits per heavy atom. The van der Waals surface area contributed by atoms with Crippen LogP contribution in [0.4, 0.5) is 18.9 Å². The monoisotopic (exact) mass is 404 g/mol. The van der Waals surface area contributed by atoms with Crippen molar-refractivity contribution in [1.29, 1.82) is 0 Å². The van der Waals surface area contributed by atoms with E-state index in [1.165, 1.54) is 23.7 Å². The van der Waals surface area contributed by atoms with Crippen LogP contribution in [0.1, 0.15) is 29.3 Å². The van der Waals surface area contributed by atoms with Gasteiger partial charge in [-0.15, -0.1) is 0 Å². The predicted molar refractivity (Wildman–Crippen MR) is 102 cm³/mol. The summed E-state index contributed by atoms with van der Waals surface area (Å²) in [6.07, 6.45) is -1.58. The number of nitrogens with one attached hydrogen (secondary N) is 2. The van der Waals surface area contributed by atoms with Gasteiger partial charge in [0.15, 0.2) is 5.82 Å². The molecule has 3 aromatic rings. The molecule has 0 aliphatic carbocycles. The minimum atomic E-state index is -4.34. The second-order valence-electron chi connectivity index (χ2n) is 6.65. The lowest BCUT2D eigenvalue weighted by Crippen LogP contribution is -2.20. The fraction of sp³-hybridized carbons (Fsp3) is 0.250. The highest BCUT2D eigenvalue weighted by Crippen LogP contribution is 2.29. The second kappa shape index (κ2) is 7.94. The standard InChI is InChI=1S/C20H19F3N4O2/c1-12-18(25-13(2)28)19(29)27(26-12)17-10-7-15(11-24-17)4-3-14-5-8-16(9-6-14)20(21,22)23/h5-11,26H,3-4H2,1-2H3,(H,25,28). The summed E-state index contributed by atoms with van der Waals surface area (Å²) in [6, 6.07) is 8.54. The summed E-state index contributed by atoms with van der Waals surface area (Å²) >= 11 is 0. The van der Waals surface area contributed by atoms with E-state index in [1.807, 2.05) is 0 Å². The zero-order valence-electron chi connectivity index (χ0n) is 15.8. The lowest BCUT2D eigenvalue weighted by Gasteiger charge is -2.08. The molecule has 0 aliphatic rings. The van der Waals surface area contributed by atoms with Gasteiger partial charge in [-0.2, -0.15) is 17.9 Å². The molecule has 2 heterocycles. The molecular weight excluding hydrogens is 385 g/mol. The molecule has 1 aromatic carbocycles. The zero-order chi connectivity index (χ0) is 21.2. The number of carbonyl (C=O) groups excluding carboxylic acids is 1. The number of amides is 1. The van der Waals surface area contributed by atoms with Crippen molar-refractivity contribution in [2.45, 2.75) is 32.9 Å². The van der Waals surface area contributed by atoms with Crippen molar-refractivity contribution in [2.75, 3.05) is 5.32 Å². The molecule has 2 N–H and O–H groups in total. The SMILES string of the molecule is CC(=O)Nc1c(C)[nH]n(-c2ccc(CCc3ccc(C(F)(F)F)cc3)cn2)c1=O. The van der Waals surface area contributed by atoms with Crippen molar-refractivity contribution in [3.8, 4) is 5.82 Å². The van der Waals surface area contributed by atoms with Gasteiger partial charge >= 0.3 is 6.18 Å². The highest BCUT2D eigenvalue weighted by atomic mass is 19.4. The number of alkyl halides is 3. The largest absolute Gasteiger partial charge is 0.416 e. The minimum Gasteiger partial charge on any atom is -0.320 e. The Bertz CT molecular complexity index is 1070.